The van der Waals surface area contributed by atoms with Crippen LogP contribution in [0.5, 0.6) is 0 Å². The largest absolute Gasteiger partial charge is 0.437 e. The van der Waals surface area contributed by atoms with Crippen molar-refractivity contribution in [2.45, 2.75) is 20.8 Å². The molecule has 0 saturated heterocycles. The van der Waals surface area contributed by atoms with Gasteiger partial charge in [0.15, 0.2) is 0 Å². The lowest BCUT2D eigenvalue weighted by Gasteiger charge is -2.21. The molecule has 4 heteroatoms. The van der Waals surface area contributed by atoms with E-state index < -0.39 is 0 Å². The van der Waals surface area contributed by atoms with E-state index in [4.69, 9.17) is 15.1 Å². The molecule has 1 aromatic heterocycles. The number of hydrogen-bond acceptors (Lipinski definition) is 4. The monoisotopic (exact) mass is 255 g/mol. The molecule has 1 heterocycles. The molecule has 98 valence electrons. The summed E-state index contributed by atoms with van der Waals surface area (Å²) in [6.45, 7) is 7.90. The summed E-state index contributed by atoms with van der Waals surface area (Å²) in [5, 5.41) is 17.7. The fourth-order valence-corrected chi connectivity index (χ4v) is 2.29. The molecular weight excluding hydrogens is 238 g/mol. The van der Waals surface area contributed by atoms with Crippen LogP contribution >= 0.6 is 0 Å². The molecule has 0 fully saturated rings. The Morgan fingerprint density at radius 1 is 1.32 bits per heavy atom. The number of benzene rings is 1. The van der Waals surface area contributed by atoms with Crippen molar-refractivity contribution in [2.75, 3.05) is 18.0 Å². The summed E-state index contributed by atoms with van der Waals surface area (Å²) in [5.74, 6) is 0. The highest BCUT2D eigenvalue weighted by atomic mass is 16.3. The molecule has 1 aromatic carbocycles. The van der Waals surface area contributed by atoms with Crippen molar-refractivity contribution in [1.82, 2.24) is 0 Å². The Bertz CT molecular complexity index is 706. The van der Waals surface area contributed by atoms with Crippen LogP contribution in [0.3, 0.4) is 0 Å². The van der Waals surface area contributed by atoms with Gasteiger partial charge >= 0.3 is 0 Å². The van der Waals surface area contributed by atoms with Gasteiger partial charge in [0.2, 0.25) is 5.55 Å². The Morgan fingerprint density at radius 3 is 2.58 bits per heavy atom. The Kier molecular flexibility index (Phi) is 3.57. The summed E-state index contributed by atoms with van der Waals surface area (Å²) >= 11 is 0. The number of nitriles is 1. The highest BCUT2D eigenvalue weighted by molar-refractivity contribution is 5.84. The van der Waals surface area contributed by atoms with Gasteiger partial charge < -0.3 is 9.32 Å². The number of anilines is 1. The van der Waals surface area contributed by atoms with Crippen LogP contribution in [0, 0.1) is 23.7 Å². The smallest absolute Gasteiger partial charge is 0.230 e. The molecule has 0 unspecified atom stereocenters. The van der Waals surface area contributed by atoms with Gasteiger partial charge in [-0.15, -0.1) is 0 Å². The standard InChI is InChI=1S/C15H17N3O/c1-4-18(5-2)11-6-7-12-10(3)13(9-16)15(17)19-14(12)8-11/h6-8,17H,4-5H2,1-3H3. The quantitative estimate of drug-likeness (QED) is 0.917. The van der Waals surface area contributed by atoms with Gasteiger partial charge in [0.1, 0.15) is 17.2 Å². The molecule has 1 N–H and O–H groups in total. The average molecular weight is 255 g/mol. The average Bonchev–Trinajstić information content (AvgIpc) is 2.40. The Balaban J connectivity index is 2.69. The van der Waals surface area contributed by atoms with Crippen molar-refractivity contribution < 1.29 is 4.42 Å². The number of rotatable bonds is 3. The lowest BCUT2D eigenvalue weighted by molar-refractivity contribution is 0.529. The van der Waals surface area contributed by atoms with Crippen molar-refractivity contribution in [1.29, 1.82) is 10.7 Å². The van der Waals surface area contributed by atoms with Crippen molar-refractivity contribution in [3.8, 4) is 6.07 Å². The van der Waals surface area contributed by atoms with Crippen molar-refractivity contribution in [2.24, 2.45) is 0 Å². The zero-order chi connectivity index (χ0) is 14.0. The molecule has 0 atom stereocenters. The minimum Gasteiger partial charge on any atom is -0.437 e. The first kappa shape index (κ1) is 13.2. The maximum atomic E-state index is 9.04. The second-order valence-electron chi connectivity index (χ2n) is 4.40. The van der Waals surface area contributed by atoms with Crippen molar-refractivity contribution >= 4 is 16.7 Å². The zero-order valence-electron chi connectivity index (χ0n) is 11.4. The zero-order valence-corrected chi connectivity index (χ0v) is 11.4. The molecule has 0 aliphatic carbocycles. The van der Waals surface area contributed by atoms with E-state index in [0.717, 1.165) is 29.7 Å². The molecule has 0 amide bonds. The molecule has 0 spiro atoms. The summed E-state index contributed by atoms with van der Waals surface area (Å²) in [4.78, 5) is 2.21. The van der Waals surface area contributed by atoms with Gasteiger partial charge in [-0.05, 0) is 38.5 Å². The van der Waals surface area contributed by atoms with E-state index in [1.807, 2.05) is 31.2 Å². The minimum atomic E-state index is -0.0656. The van der Waals surface area contributed by atoms with Crippen LogP contribution < -0.4 is 10.5 Å². The number of hydrogen-bond donors (Lipinski definition) is 1. The van der Waals surface area contributed by atoms with Crippen LogP contribution in [-0.2, 0) is 0 Å². The SMILES string of the molecule is CCN(CC)c1ccc2c(C)c(C#N)c(=N)oc2c1. The van der Waals surface area contributed by atoms with Crippen LogP contribution in [0.1, 0.15) is 25.0 Å². The summed E-state index contributed by atoms with van der Waals surface area (Å²) < 4.78 is 5.46. The Hall–Kier alpha value is -2.28. The fourth-order valence-electron chi connectivity index (χ4n) is 2.29. The van der Waals surface area contributed by atoms with Gasteiger partial charge in [-0.1, -0.05) is 0 Å². The lowest BCUT2D eigenvalue weighted by atomic mass is 10.1. The van der Waals surface area contributed by atoms with Gasteiger partial charge in [0, 0.05) is 30.2 Å². The molecule has 0 aliphatic rings. The van der Waals surface area contributed by atoms with Crippen LogP contribution in [0.25, 0.3) is 11.0 Å². The Labute approximate surface area is 112 Å². The normalized spacial score (nSPS) is 10.4. The van der Waals surface area contributed by atoms with E-state index in [2.05, 4.69) is 18.7 Å². The first-order valence-corrected chi connectivity index (χ1v) is 6.39. The molecule has 0 saturated carbocycles. The summed E-state index contributed by atoms with van der Waals surface area (Å²) in [7, 11) is 0. The third-order valence-electron chi connectivity index (χ3n) is 3.42. The van der Waals surface area contributed by atoms with Crippen LogP contribution in [-0.4, -0.2) is 13.1 Å². The topological polar surface area (TPSA) is 64.0 Å². The van der Waals surface area contributed by atoms with E-state index in [9.17, 15) is 0 Å². The molecular formula is C15H17N3O. The second-order valence-corrected chi connectivity index (χ2v) is 4.40. The van der Waals surface area contributed by atoms with Crippen LogP contribution in [0.2, 0.25) is 0 Å². The number of nitrogens with one attached hydrogen (secondary N) is 1. The van der Waals surface area contributed by atoms with E-state index in [-0.39, 0.29) is 5.55 Å². The van der Waals surface area contributed by atoms with E-state index in [1.165, 1.54) is 0 Å². The van der Waals surface area contributed by atoms with Gasteiger partial charge in [-0.25, -0.2) is 0 Å². The summed E-state index contributed by atoms with van der Waals surface area (Å²) in [5.41, 5.74) is 2.78. The summed E-state index contributed by atoms with van der Waals surface area (Å²) in [6, 6.07) is 7.95. The van der Waals surface area contributed by atoms with Gasteiger partial charge in [0.25, 0.3) is 0 Å². The predicted molar refractivity (Wildman–Crippen MR) is 75.1 cm³/mol. The molecule has 0 bridgehead atoms. The number of nitrogens with zero attached hydrogens (tertiary/aromatic N) is 2. The fraction of sp³-hybridized carbons (Fsp3) is 0.333. The van der Waals surface area contributed by atoms with E-state index >= 15 is 0 Å². The van der Waals surface area contributed by atoms with Crippen LogP contribution in [0.4, 0.5) is 5.69 Å². The molecule has 19 heavy (non-hydrogen) atoms. The van der Waals surface area contributed by atoms with E-state index in [0.29, 0.717) is 11.1 Å². The third kappa shape index (κ3) is 2.19. The predicted octanol–water partition coefficient (Wildman–Crippen LogP) is 2.94. The Morgan fingerprint density at radius 2 is 2.00 bits per heavy atom. The van der Waals surface area contributed by atoms with E-state index in [1.54, 1.807) is 0 Å². The molecule has 4 nitrogen and oxygen atoms in total. The molecule has 2 rings (SSSR count). The highest BCUT2D eigenvalue weighted by Crippen LogP contribution is 2.24. The number of fused-ring (bicyclic) bond motifs is 1. The highest BCUT2D eigenvalue weighted by Gasteiger charge is 2.10. The van der Waals surface area contributed by atoms with Gasteiger partial charge in [0.05, 0.1) is 0 Å². The third-order valence-corrected chi connectivity index (χ3v) is 3.42. The van der Waals surface area contributed by atoms with Gasteiger partial charge in [-0.3, -0.25) is 5.41 Å². The first-order chi connectivity index (χ1) is 9.12. The maximum Gasteiger partial charge on any atom is 0.230 e. The van der Waals surface area contributed by atoms with Crippen molar-refractivity contribution in [3.05, 3.63) is 34.9 Å². The van der Waals surface area contributed by atoms with Crippen molar-refractivity contribution in [3.63, 3.8) is 0 Å². The number of aryl methyl sites for hydroxylation is 1. The first-order valence-electron chi connectivity index (χ1n) is 6.39. The maximum absolute atomic E-state index is 9.04. The van der Waals surface area contributed by atoms with Gasteiger partial charge in [-0.2, -0.15) is 5.26 Å². The summed E-state index contributed by atoms with van der Waals surface area (Å²) in [6.07, 6.45) is 0. The molecule has 0 radical (unpaired) electrons. The minimum absolute atomic E-state index is 0.0656. The molecule has 2 aromatic rings. The molecule has 0 aliphatic heterocycles. The second kappa shape index (κ2) is 5.15. The lowest BCUT2D eigenvalue weighted by Crippen LogP contribution is -2.21. The van der Waals surface area contributed by atoms with Crippen LogP contribution in [0.15, 0.2) is 22.6 Å².